The largest absolute Gasteiger partial charge is 0.489 e. The second kappa shape index (κ2) is 8.56. The summed E-state index contributed by atoms with van der Waals surface area (Å²) in [6, 6.07) is 14.0. The first kappa shape index (κ1) is 18.7. The van der Waals surface area contributed by atoms with Crippen LogP contribution in [-0.2, 0) is 17.9 Å². The number of hydrogen-bond donors (Lipinski definition) is 1. The molecule has 0 atom stereocenters. The first-order valence-corrected chi connectivity index (χ1v) is 9.31. The van der Waals surface area contributed by atoms with Gasteiger partial charge in [-0.15, -0.1) is 0 Å². The zero-order chi connectivity index (χ0) is 18.5. The molecule has 1 heterocycles. The molecule has 1 N–H and O–H groups in total. The summed E-state index contributed by atoms with van der Waals surface area (Å²) >= 11 is 6.33. The Morgan fingerprint density at radius 2 is 1.92 bits per heavy atom. The first-order valence-electron chi connectivity index (χ1n) is 8.94. The van der Waals surface area contributed by atoms with Crippen LogP contribution < -0.4 is 4.74 Å². The smallest absolute Gasteiger partial charge is 0.306 e. The van der Waals surface area contributed by atoms with Crippen LogP contribution >= 0.6 is 11.6 Å². The van der Waals surface area contributed by atoms with Gasteiger partial charge in [0.05, 0.1) is 5.92 Å². The zero-order valence-electron chi connectivity index (χ0n) is 15.0. The van der Waals surface area contributed by atoms with E-state index in [0.717, 1.165) is 47.1 Å². The van der Waals surface area contributed by atoms with Crippen molar-refractivity contribution in [3.05, 3.63) is 64.2 Å². The monoisotopic (exact) mass is 373 g/mol. The van der Waals surface area contributed by atoms with Gasteiger partial charge in [0.15, 0.2) is 0 Å². The third kappa shape index (κ3) is 4.77. The summed E-state index contributed by atoms with van der Waals surface area (Å²) in [4.78, 5) is 13.4. The third-order valence-corrected chi connectivity index (χ3v) is 5.32. The van der Waals surface area contributed by atoms with Gasteiger partial charge in [-0.05, 0) is 56.1 Å². The lowest BCUT2D eigenvalue weighted by Crippen LogP contribution is -2.35. The first-order chi connectivity index (χ1) is 12.5. The van der Waals surface area contributed by atoms with E-state index in [1.807, 2.05) is 49.4 Å². The van der Waals surface area contributed by atoms with Gasteiger partial charge in [0.2, 0.25) is 0 Å². The van der Waals surface area contributed by atoms with Crippen molar-refractivity contribution < 1.29 is 14.6 Å². The highest BCUT2D eigenvalue weighted by atomic mass is 35.5. The molecular weight excluding hydrogens is 350 g/mol. The van der Waals surface area contributed by atoms with Gasteiger partial charge in [0.25, 0.3) is 0 Å². The minimum Gasteiger partial charge on any atom is -0.489 e. The standard InChI is InChI=1S/C21H24ClNO3/c1-15-11-20(26-14-16-5-3-2-4-6-16)18(12-19(15)22)13-23-9-7-17(8-10-23)21(24)25/h2-6,11-12,17H,7-10,13-14H2,1H3,(H,24,25). The molecule has 0 saturated carbocycles. The van der Waals surface area contributed by atoms with Crippen LogP contribution in [0.2, 0.25) is 5.02 Å². The number of carbonyl (C=O) groups is 1. The molecule has 2 aromatic rings. The van der Waals surface area contributed by atoms with Crippen LogP contribution in [0.25, 0.3) is 0 Å². The Morgan fingerprint density at radius 1 is 1.23 bits per heavy atom. The number of nitrogens with zero attached hydrogens (tertiary/aromatic N) is 1. The molecule has 1 fully saturated rings. The van der Waals surface area contributed by atoms with Gasteiger partial charge < -0.3 is 9.84 Å². The number of halogens is 1. The molecule has 5 heteroatoms. The molecule has 26 heavy (non-hydrogen) atoms. The highest BCUT2D eigenvalue weighted by molar-refractivity contribution is 6.31. The molecule has 2 aromatic carbocycles. The normalized spacial score (nSPS) is 15.8. The minimum atomic E-state index is -0.685. The third-order valence-electron chi connectivity index (χ3n) is 4.91. The number of aliphatic carboxylic acids is 1. The van der Waals surface area contributed by atoms with Crippen molar-refractivity contribution in [2.24, 2.45) is 5.92 Å². The van der Waals surface area contributed by atoms with Crippen LogP contribution in [-0.4, -0.2) is 29.1 Å². The molecule has 1 saturated heterocycles. The minimum absolute atomic E-state index is 0.221. The van der Waals surface area contributed by atoms with Crippen molar-refractivity contribution in [2.75, 3.05) is 13.1 Å². The van der Waals surface area contributed by atoms with E-state index < -0.39 is 5.97 Å². The second-order valence-electron chi connectivity index (χ2n) is 6.87. The van der Waals surface area contributed by atoms with E-state index in [0.29, 0.717) is 19.4 Å². The van der Waals surface area contributed by atoms with E-state index in [4.69, 9.17) is 21.4 Å². The van der Waals surface area contributed by atoms with Gasteiger partial charge in [-0.2, -0.15) is 0 Å². The molecule has 0 amide bonds. The van der Waals surface area contributed by atoms with Crippen LogP contribution in [0.5, 0.6) is 5.75 Å². The Kier molecular flexibility index (Phi) is 6.17. The van der Waals surface area contributed by atoms with Gasteiger partial charge in [-0.3, -0.25) is 9.69 Å². The van der Waals surface area contributed by atoms with E-state index in [9.17, 15) is 4.79 Å². The SMILES string of the molecule is Cc1cc(OCc2ccccc2)c(CN2CCC(C(=O)O)CC2)cc1Cl. The number of piperidine rings is 1. The lowest BCUT2D eigenvalue weighted by molar-refractivity contribution is -0.143. The second-order valence-corrected chi connectivity index (χ2v) is 7.28. The molecule has 138 valence electrons. The van der Waals surface area contributed by atoms with Gasteiger partial charge in [-0.1, -0.05) is 41.9 Å². The fourth-order valence-electron chi connectivity index (χ4n) is 3.27. The number of rotatable bonds is 6. The van der Waals surface area contributed by atoms with Crippen molar-refractivity contribution in [3.63, 3.8) is 0 Å². The maximum absolute atomic E-state index is 11.1. The van der Waals surface area contributed by atoms with Gasteiger partial charge in [0.1, 0.15) is 12.4 Å². The molecule has 4 nitrogen and oxygen atoms in total. The van der Waals surface area contributed by atoms with Crippen LogP contribution in [0, 0.1) is 12.8 Å². The summed E-state index contributed by atoms with van der Waals surface area (Å²) in [7, 11) is 0. The highest BCUT2D eigenvalue weighted by Gasteiger charge is 2.25. The Labute approximate surface area is 159 Å². The summed E-state index contributed by atoms with van der Waals surface area (Å²) in [5, 5.41) is 9.88. The van der Waals surface area contributed by atoms with Crippen molar-refractivity contribution in [1.29, 1.82) is 0 Å². The molecule has 0 spiro atoms. The summed E-state index contributed by atoms with van der Waals surface area (Å²) < 4.78 is 6.08. The fraction of sp³-hybridized carbons (Fsp3) is 0.381. The van der Waals surface area contributed by atoms with E-state index in [1.165, 1.54) is 0 Å². The van der Waals surface area contributed by atoms with Crippen LogP contribution in [0.15, 0.2) is 42.5 Å². The van der Waals surface area contributed by atoms with E-state index in [-0.39, 0.29) is 5.92 Å². The Hall–Kier alpha value is -2.04. The molecule has 0 bridgehead atoms. The molecule has 1 aliphatic heterocycles. The number of aryl methyl sites for hydroxylation is 1. The van der Waals surface area contributed by atoms with Crippen LogP contribution in [0.1, 0.15) is 29.5 Å². The molecule has 1 aliphatic rings. The Bertz CT molecular complexity index is 755. The Balaban J connectivity index is 1.69. The lowest BCUT2D eigenvalue weighted by atomic mass is 9.96. The molecule has 3 rings (SSSR count). The van der Waals surface area contributed by atoms with Crippen LogP contribution in [0.4, 0.5) is 0 Å². The maximum atomic E-state index is 11.1. The Morgan fingerprint density at radius 3 is 2.58 bits per heavy atom. The van der Waals surface area contributed by atoms with Gasteiger partial charge in [-0.25, -0.2) is 0 Å². The number of hydrogen-bond acceptors (Lipinski definition) is 3. The predicted octanol–water partition coefficient (Wildman–Crippen LogP) is 4.52. The van der Waals surface area contributed by atoms with Crippen molar-refractivity contribution >= 4 is 17.6 Å². The van der Waals surface area contributed by atoms with Crippen LogP contribution in [0.3, 0.4) is 0 Å². The van der Waals surface area contributed by atoms with Crippen molar-refractivity contribution in [1.82, 2.24) is 4.90 Å². The number of carboxylic acid groups (broad SMARTS) is 1. The lowest BCUT2D eigenvalue weighted by Gasteiger charge is -2.30. The summed E-state index contributed by atoms with van der Waals surface area (Å²) in [6.07, 6.45) is 1.38. The molecule has 0 aromatic heterocycles. The fourth-order valence-corrected chi connectivity index (χ4v) is 3.45. The zero-order valence-corrected chi connectivity index (χ0v) is 15.7. The molecule has 0 aliphatic carbocycles. The average Bonchev–Trinajstić information content (AvgIpc) is 2.64. The average molecular weight is 374 g/mol. The number of carboxylic acids is 1. The summed E-state index contributed by atoms with van der Waals surface area (Å²) in [6.45, 7) is 4.76. The summed E-state index contributed by atoms with van der Waals surface area (Å²) in [5.41, 5.74) is 3.15. The number of ether oxygens (including phenoxy) is 1. The van der Waals surface area contributed by atoms with Gasteiger partial charge in [0, 0.05) is 17.1 Å². The quantitative estimate of drug-likeness (QED) is 0.808. The molecular formula is C21H24ClNO3. The highest BCUT2D eigenvalue weighted by Crippen LogP contribution is 2.30. The summed E-state index contributed by atoms with van der Waals surface area (Å²) in [5.74, 6) is -0.0623. The predicted molar refractivity (Wildman–Crippen MR) is 103 cm³/mol. The van der Waals surface area contributed by atoms with E-state index in [1.54, 1.807) is 0 Å². The van der Waals surface area contributed by atoms with Crippen molar-refractivity contribution in [2.45, 2.75) is 32.9 Å². The number of benzene rings is 2. The van der Waals surface area contributed by atoms with E-state index in [2.05, 4.69) is 4.90 Å². The molecule has 0 radical (unpaired) electrons. The van der Waals surface area contributed by atoms with Gasteiger partial charge >= 0.3 is 5.97 Å². The molecule has 0 unspecified atom stereocenters. The maximum Gasteiger partial charge on any atom is 0.306 e. The topological polar surface area (TPSA) is 49.8 Å². The van der Waals surface area contributed by atoms with E-state index >= 15 is 0 Å². The van der Waals surface area contributed by atoms with Crippen molar-refractivity contribution in [3.8, 4) is 5.75 Å². The number of likely N-dealkylation sites (tertiary alicyclic amines) is 1.